The molecule has 14 heavy (non-hydrogen) atoms. The molecule has 2 nitrogen and oxygen atoms in total. The van der Waals surface area contributed by atoms with Crippen LogP contribution in [0.3, 0.4) is 0 Å². The van der Waals surface area contributed by atoms with Gasteiger partial charge in [-0.2, -0.15) is 0 Å². The molecule has 1 aromatic carbocycles. The summed E-state index contributed by atoms with van der Waals surface area (Å²) < 4.78 is 5.68. The first-order chi connectivity index (χ1) is 6.86. The first-order valence-corrected chi connectivity index (χ1v) is 5.29. The maximum absolute atomic E-state index is 5.96. The Balaban J connectivity index is 1.82. The van der Waals surface area contributed by atoms with Gasteiger partial charge in [0.05, 0.1) is 6.61 Å². The molecule has 1 aliphatic carbocycles. The second kappa shape index (κ2) is 4.47. The lowest BCUT2D eigenvalue weighted by atomic mass is 10.1. The molecule has 2 N–H and O–H groups in total. The zero-order valence-electron chi connectivity index (χ0n) is 8.36. The maximum atomic E-state index is 5.96. The van der Waals surface area contributed by atoms with Gasteiger partial charge in [0.2, 0.25) is 0 Å². The lowest BCUT2D eigenvalue weighted by Gasteiger charge is -2.15. The highest BCUT2D eigenvalue weighted by Gasteiger charge is 2.24. The van der Waals surface area contributed by atoms with Gasteiger partial charge in [-0.05, 0) is 25.0 Å². The first-order valence-electron chi connectivity index (χ1n) is 5.29. The Morgan fingerprint density at radius 1 is 1.21 bits per heavy atom. The summed E-state index contributed by atoms with van der Waals surface area (Å²) in [5, 5.41) is 0. The molecule has 0 aliphatic heterocycles. The molecule has 0 amide bonds. The van der Waals surface area contributed by atoms with E-state index in [0.29, 0.717) is 12.0 Å². The minimum absolute atomic E-state index is 0.346. The molecular weight excluding hydrogens is 174 g/mol. The van der Waals surface area contributed by atoms with Gasteiger partial charge in [0.15, 0.2) is 0 Å². The quantitative estimate of drug-likeness (QED) is 0.795. The van der Waals surface area contributed by atoms with Crippen LogP contribution in [0.1, 0.15) is 19.3 Å². The lowest BCUT2D eigenvalue weighted by Crippen LogP contribution is -2.28. The van der Waals surface area contributed by atoms with Crippen LogP contribution in [0.5, 0.6) is 5.75 Å². The van der Waals surface area contributed by atoms with Crippen LogP contribution in [0.25, 0.3) is 0 Å². The van der Waals surface area contributed by atoms with E-state index in [2.05, 4.69) is 0 Å². The molecule has 2 heteroatoms. The molecule has 0 radical (unpaired) electrons. The van der Waals surface area contributed by atoms with Crippen LogP contribution >= 0.6 is 0 Å². The Bertz CT molecular complexity index is 273. The van der Waals surface area contributed by atoms with Gasteiger partial charge in [-0.3, -0.25) is 0 Å². The Hall–Kier alpha value is -1.02. The van der Waals surface area contributed by atoms with Gasteiger partial charge in [-0.25, -0.2) is 0 Å². The molecule has 2 rings (SSSR count). The molecule has 1 aliphatic rings. The molecule has 1 fully saturated rings. The van der Waals surface area contributed by atoms with Crippen LogP contribution in [0.2, 0.25) is 0 Å². The average Bonchev–Trinajstić information content (AvgIpc) is 2.63. The van der Waals surface area contributed by atoms with Crippen molar-refractivity contribution in [1.29, 1.82) is 0 Å². The zero-order valence-corrected chi connectivity index (χ0v) is 8.36. The summed E-state index contributed by atoms with van der Waals surface area (Å²) >= 11 is 0. The fourth-order valence-corrected chi connectivity index (χ4v) is 1.99. The van der Waals surface area contributed by atoms with Gasteiger partial charge in [0.1, 0.15) is 5.75 Å². The summed E-state index contributed by atoms with van der Waals surface area (Å²) in [6.07, 6.45) is 3.63. The number of rotatable bonds is 3. The van der Waals surface area contributed by atoms with Crippen LogP contribution in [0, 0.1) is 5.92 Å². The van der Waals surface area contributed by atoms with Crippen molar-refractivity contribution in [2.24, 2.45) is 11.7 Å². The van der Waals surface area contributed by atoms with Gasteiger partial charge >= 0.3 is 0 Å². The van der Waals surface area contributed by atoms with Crippen molar-refractivity contribution in [3.8, 4) is 5.75 Å². The first kappa shape index (κ1) is 9.53. The minimum Gasteiger partial charge on any atom is -0.493 e. The number of nitrogens with two attached hydrogens (primary N) is 1. The summed E-state index contributed by atoms with van der Waals surface area (Å²) in [7, 11) is 0. The van der Waals surface area contributed by atoms with Gasteiger partial charge in [0.25, 0.3) is 0 Å². The van der Waals surface area contributed by atoms with E-state index < -0.39 is 0 Å². The fraction of sp³-hybridized carbons (Fsp3) is 0.500. The van der Waals surface area contributed by atoms with Gasteiger partial charge in [-0.1, -0.05) is 24.6 Å². The molecule has 2 unspecified atom stereocenters. The van der Waals surface area contributed by atoms with Crippen molar-refractivity contribution in [3.63, 3.8) is 0 Å². The standard InChI is InChI=1S/C12H17NO/c13-12-8-4-5-10(12)9-14-11-6-2-1-3-7-11/h1-3,6-7,10,12H,4-5,8-9,13H2. The van der Waals surface area contributed by atoms with E-state index in [-0.39, 0.29) is 0 Å². The van der Waals surface area contributed by atoms with E-state index in [1.54, 1.807) is 0 Å². The van der Waals surface area contributed by atoms with E-state index >= 15 is 0 Å². The molecule has 1 aromatic rings. The van der Waals surface area contributed by atoms with E-state index in [9.17, 15) is 0 Å². The van der Waals surface area contributed by atoms with Crippen molar-refractivity contribution in [1.82, 2.24) is 0 Å². The summed E-state index contributed by atoms with van der Waals surface area (Å²) in [6.45, 7) is 0.769. The average molecular weight is 191 g/mol. The predicted octanol–water partition coefficient (Wildman–Crippen LogP) is 2.19. The van der Waals surface area contributed by atoms with E-state index in [0.717, 1.165) is 18.8 Å². The third-order valence-electron chi connectivity index (χ3n) is 2.93. The third kappa shape index (κ3) is 2.26. The highest BCUT2D eigenvalue weighted by atomic mass is 16.5. The summed E-state index contributed by atoms with van der Waals surface area (Å²) in [5.74, 6) is 1.50. The molecule has 0 spiro atoms. The third-order valence-corrected chi connectivity index (χ3v) is 2.93. The maximum Gasteiger partial charge on any atom is 0.119 e. The number of hydrogen-bond acceptors (Lipinski definition) is 2. The van der Waals surface area contributed by atoms with Crippen LogP contribution in [0.15, 0.2) is 30.3 Å². The van der Waals surface area contributed by atoms with Crippen molar-refractivity contribution >= 4 is 0 Å². The smallest absolute Gasteiger partial charge is 0.119 e. The number of hydrogen-bond donors (Lipinski definition) is 1. The molecule has 2 atom stereocenters. The van der Waals surface area contributed by atoms with Gasteiger partial charge in [-0.15, -0.1) is 0 Å². The van der Waals surface area contributed by atoms with Crippen LogP contribution in [-0.4, -0.2) is 12.6 Å². The van der Waals surface area contributed by atoms with E-state index in [1.165, 1.54) is 12.8 Å². The topological polar surface area (TPSA) is 35.2 Å². The molecule has 0 saturated heterocycles. The Labute approximate surface area is 85.1 Å². The largest absolute Gasteiger partial charge is 0.493 e. The van der Waals surface area contributed by atoms with Crippen molar-refractivity contribution in [2.45, 2.75) is 25.3 Å². The van der Waals surface area contributed by atoms with Crippen LogP contribution in [-0.2, 0) is 0 Å². The van der Waals surface area contributed by atoms with Crippen molar-refractivity contribution < 1.29 is 4.74 Å². The SMILES string of the molecule is NC1CCCC1COc1ccccc1. The lowest BCUT2D eigenvalue weighted by molar-refractivity contribution is 0.239. The highest BCUT2D eigenvalue weighted by Crippen LogP contribution is 2.24. The normalized spacial score (nSPS) is 26.4. The van der Waals surface area contributed by atoms with Crippen molar-refractivity contribution in [3.05, 3.63) is 30.3 Å². The van der Waals surface area contributed by atoms with Gasteiger partial charge < -0.3 is 10.5 Å². The fourth-order valence-electron chi connectivity index (χ4n) is 1.99. The van der Waals surface area contributed by atoms with Gasteiger partial charge in [0, 0.05) is 12.0 Å². The second-order valence-electron chi connectivity index (χ2n) is 3.98. The summed E-state index contributed by atoms with van der Waals surface area (Å²) in [4.78, 5) is 0. The Morgan fingerprint density at radius 2 is 2.00 bits per heavy atom. The summed E-state index contributed by atoms with van der Waals surface area (Å²) in [6, 6.07) is 10.3. The monoisotopic (exact) mass is 191 g/mol. The number of benzene rings is 1. The molecule has 1 saturated carbocycles. The number of para-hydroxylation sites is 1. The minimum atomic E-state index is 0.346. The molecular formula is C12H17NO. The molecule has 0 bridgehead atoms. The zero-order chi connectivity index (χ0) is 9.80. The molecule has 0 aromatic heterocycles. The molecule has 0 heterocycles. The number of ether oxygens (including phenoxy) is 1. The Kier molecular flexibility index (Phi) is 3.04. The Morgan fingerprint density at radius 3 is 2.64 bits per heavy atom. The highest BCUT2D eigenvalue weighted by molar-refractivity contribution is 5.20. The molecule has 76 valence electrons. The van der Waals surface area contributed by atoms with Crippen molar-refractivity contribution in [2.75, 3.05) is 6.61 Å². The van der Waals surface area contributed by atoms with Crippen LogP contribution in [0.4, 0.5) is 0 Å². The van der Waals surface area contributed by atoms with E-state index in [1.807, 2.05) is 30.3 Å². The predicted molar refractivity (Wildman–Crippen MR) is 57.3 cm³/mol. The summed E-state index contributed by atoms with van der Waals surface area (Å²) in [5.41, 5.74) is 5.96. The van der Waals surface area contributed by atoms with E-state index in [4.69, 9.17) is 10.5 Å². The second-order valence-corrected chi connectivity index (χ2v) is 3.98. The van der Waals surface area contributed by atoms with Crippen LogP contribution < -0.4 is 10.5 Å².